The second kappa shape index (κ2) is 6.73. The number of ether oxygens (including phenoxy) is 1. The van der Waals surface area contributed by atoms with Gasteiger partial charge in [-0.05, 0) is 32.0 Å². The summed E-state index contributed by atoms with van der Waals surface area (Å²) in [6.45, 7) is 4.61. The number of rotatable bonds is 5. The molecule has 3 nitrogen and oxygen atoms in total. The predicted molar refractivity (Wildman–Crippen MR) is 73.4 cm³/mol. The number of halogens is 1. The van der Waals surface area contributed by atoms with Crippen LogP contribution in [-0.4, -0.2) is 23.0 Å². The van der Waals surface area contributed by atoms with Crippen molar-refractivity contribution in [3.63, 3.8) is 0 Å². The van der Waals surface area contributed by atoms with Gasteiger partial charge in [0, 0.05) is 16.5 Å². The Bertz CT molecular complexity index is 353. The largest absolute Gasteiger partial charge is 0.491 e. The van der Waals surface area contributed by atoms with Gasteiger partial charge in [0.25, 0.3) is 5.91 Å². The van der Waals surface area contributed by atoms with Crippen molar-refractivity contribution in [1.82, 2.24) is 5.32 Å². The molecule has 0 saturated heterocycles. The highest BCUT2D eigenvalue weighted by Crippen LogP contribution is 2.14. The van der Waals surface area contributed by atoms with Gasteiger partial charge in [-0.25, -0.2) is 0 Å². The molecule has 0 radical (unpaired) electrons. The van der Waals surface area contributed by atoms with Crippen LogP contribution in [0.2, 0.25) is 0 Å². The standard InChI is InChI=1S/C12H16INO2/c1-9(2)16-11-5-3-4-10(8-11)12(15)14-7-6-13/h3-5,8-9H,6-7H2,1-2H3,(H,14,15). The maximum atomic E-state index is 11.7. The molecule has 1 amide bonds. The molecular formula is C12H16INO2. The first kappa shape index (κ1) is 13.3. The molecule has 16 heavy (non-hydrogen) atoms. The van der Waals surface area contributed by atoms with Crippen LogP contribution in [0, 0.1) is 0 Å². The van der Waals surface area contributed by atoms with Gasteiger partial charge >= 0.3 is 0 Å². The van der Waals surface area contributed by atoms with Crippen molar-refractivity contribution >= 4 is 28.5 Å². The van der Waals surface area contributed by atoms with Crippen molar-refractivity contribution < 1.29 is 9.53 Å². The van der Waals surface area contributed by atoms with Gasteiger partial charge in [-0.1, -0.05) is 28.7 Å². The molecule has 88 valence electrons. The lowest BCUT2D eigenvalue weighted by Gasteiger charge is -2.10. The lowest BCUT2D eigenvalue weighted by molar-refractivity contribution is 0.0955. The number of benzene rings is 1. The number of hydrogen-bond acceptors (Lipinski definition) is 2. The molecule has 1 N–H and O–H groups in total. The molecule has 1 rings (SSSR count). The van der Waals surface area contributed by atoms with Crippen molar-refractivity contribution in [2.45, 2.75) is 20.0 Å². The first-order valence-electron chi connectivity index (χ1n) is 5.24. The van der Waals surface area contributed by atoms with Gasteiger partial charge in [0.15, 0.2) is 0 Å². The van der Waals surface area contributed by atoms with E-state index in [1.807, 2.05) is 26.0 Å². The lowest BCUT2D eigenvalue weighted by atomic mass is 10.2. The third-order valence-electron chi connectivity index (χ3n) is 1.85. The third kappa shape index (κ3) is 4.38. The second-order valence-corrected chi connectivity index (χ2v) is 4.72. The molecule has 4 heteroatoms. The quantitative estimate of drug-likeness (QED) is 0.665. The van der Waals surface area contributed by atoms with Crippen LogP contribution in [0.4, 0.5) is 0 Å². The van der Waals surface area contributed by atoms with E-state index in [1.54, 1.807) is 12.1 Å². The summed E-state index contributed by atoms with van der Waals surface area (Å²) < 4.78 is 6.44. The zero-order valence-corrected chi connectivity index (χ0v) is 11.7. The minimum atomic E-state index is -0.0501. The topological polar surface area (TPSA) is 38.3 Å². The molecule has 0 heterocycles. The molecule has 1 aromatic carbocycles. The van der Waals surface area contributed by atoms with Crippen LogP contribution in [0.15, 0.2) is 24.3 Å². The van der Waals surface area contributed by atoms with Gasteiger partial charge in [0.05, 0.1) is 6.10 Å². The molecule has 0 fully saturated rings. The molecule has 0 aliphatic carbocycles. The molecule has 0 aromatic heterocycles. The van der Waals surface area contributed by atoms with Crippen LogP contribution in [0.25, 0.3) is 0 Å². The van der Waals surface area contributed by atoms with Crippen molar-refractivity contribution in [3.8, 4) is 5.75 Å². The van der Waals surface area contributed by atoms with Gasteiger partial charge in [-0.2, -0.15) is 0 Å². The third-order valence-corrected chi connectivity index (χ3v) is 2.39. The van der Waals surface area contributed by atoms with Crippen LogP contribution in [0.3, 0.4) is 0 Å². The van der Waals surface area contributed by atoms with E-state index in [9.17, 15) is 4.79 Å². The van der Waals surface area contributed by atoms with Gasteiger partial charge < -0.3 is 10.1 Å². The van der Waals surface area contributed by atoms with Crippen molar-refractivity contribution in [2.24, 2.45) is 0 Å². The zero-order valence-electron chi connectivity index (χ0n) is 9.50. The maximum Gasteiger partial charge on any atom is 0.251 e. The summed E-state index contributed by atoms with van der Waals surface area (Å²) in [5, 5.41) is 2.83. The number of nitrogens with one attached hydrogen (secondary N) is 1. The Labute approximate surface area is 110 Å². The minimum Gasteiger partial charge on any atom is -0.491 e. The van der Waals surface area contributed by atoms with E-state index in [4.69, 9.17) is 4.74 Å². The van der Waals surface area contributed by atoms with Gasteiger partial charge in [0.2, 0.25) is 0 Å². The van der Waals surface area contributed by atoms with Crippen LogP contribution in [0.1, 0.15) is 24.2 Å². The molecule has 0 atom stereocenters. The Morgan fingerprint density at radius 2 is 2.25 bits per heavy atom. The number of carbonyl (C=O) groups is 1. The SMILES string of the molecule is CC(C)Oc1cccc(C(=O)NCCI)c1. The van der Waals surface area contributed by atoms with Gasteiger partial charge in [-0.3, -0.25) is 4.79 Å². The van der Waals surface area contributed by atoms with E-state index in [0.29, 0.717) is 12.1 Å². The van der Waals surface area contributed by atoms with Gasteiger partial charge in [-0.15, -0.1) is 0 Å². The molecule has 0 aliphatic heterocycles. The zero-order chi connectivity index (χ0) is 12.0. The second-order valence-electron chi connectivity index (χ2n) is 3.64. The van der Waals surface area contributed by atoms with E-state index >= 15 is 0 Å². The Morgan fingerprint density at radius 3 is 2.88 bits per heavy atom. The highest BCUT2D eigenvalue weighted by Gasteiger charge is 2.06. The fourth-order valence-electron chi connectivity index (χ4n) is 1.25. The van der Waals surface area contributed by atoms with Crippen molar-refractivity contribution in [3.05, 3.63) is 29.8 Å². The monoisotopic (exact) mass is 333 g/mol. The molecule has 0 saturated carbocycles. The number of alkyl halides is 1. The molecular weight excluding hydrogens is 317 g/mol. The fraction of sp³-hybridized carbons (Fsp3) is 0.417. The summed E-state index contributed by atoms with van der Waals surface area (Å²) in [5.74, 6) is 0.683. The average molecular weight is 333 g/mol. The number of carbonyl (C=O) groups excluding carboxylic acids is 1. The maximum absolute atomic E-state index is 11.7. The predicted octanol–water partition coefficient (Wildman–Crippen LogP) is 2.64. The molecule has 0 spiro atoms. The Hall–Kier alpha value is -0.780. The van der Waals surface area contributed by atoms with Crippen LogP contribution >= 0.6 is 22.6 Å². The summed E-state index contributed by atoms with van der Waals surface area (Å²) in [6, 6.07) is 7.24. The number of amides is 1. The Morgan fingerprint density at radius 1 is 1.50 bits per heavy atom. The van der Waals surface area contributed by atoms with Crippen molar-refractivity contribution in [1.29, 1.82) is 0 Å². The van der Waals surface area contributed by atoms with Crippen LogP contribution in [0.5, 0.6) is 5.75 Å². The minimum absolute atomic E-state index is 0.0501. The Balaban J connectivity index is 2.69. The summed E-state index contributed by atoms with van der Waals surface area (Å²) in [7, 11) is 0. The van der Waals surface area contributed by atoms with E-state index in [0.717, 1.165) is 10.2 Å². The highest BCUT2D eigenvalue weighted by molar-refractivity contribution is 14.1. The lowest BCUT2D eigenvalue weighted by Crippen LogP contribution is -2.25. The molecule has 0 unspecified atom stereocenters. The first-order chi connectivity index (χ1) is 7.63. The number of hydrogen-bond donors (Lipinski definition) is 1. The van der Waals surface area contributed by atoms with Crippen LogP contribution < -0.4 is 10.1 Å². The molecule has 0 aliphatic rings. The van der Waals surface area contributed by atoms with E-state index < -0.39 is 0 Å². The normalized spacial score (nSPS) is 10.2. The summed E-state index contributed by atoms with van der Waals surface area (Å²) >= 11 is 2.22. The van der Waals surface area contributed by atoms with Crippen molar-refractivity contribution in [2.75, 3.05) is 11.0 Å². The summed E-state index contributed by atoms with van der Waals surface area (Å²) in [4.78, 5) is 11.7. The van der Waals surface area contributed by atoms with Gasteiger partial charge in [0.1, 0.15) is 5.75 Å². The first-order valence-corrected chi connectivity index (χ1v) is 6.77. The summed E-state index contributed by atoms with van der Waals surface area (Å²) in [5.41, 5.74) is 0.642. The average Bonchev–Trinajstić information content (AvgIpc) is 2.25. The molecule has 1 aromatic rings. The molecule has 0 bridgehead atoms. The smallest absolute Gasteiger partial charge is 0.251 e. The van der Waals surface area contributed by atoms with E-state index in [2.05, 4.69) is 27.9 Å². The summed E-state index contributed by atoms with van der Waals surface area (Å²) in [6.07, 6.45) is 0.118. The van der Waals surface area contributed by atoms with E-state index in [-0.39, 0.29) is 12.0 Å². The highest BCUT2D eigenvalue weighted by atomic mass is 127. The Kier molecular flexibility index (Phi) is 5.59. The van der Waals surface area contributed by atoms with Crippen LogP contribution in [-0.2, 0) is 0 Å². The fourth-order valence-corrected chi connectivity index (χ4v) is 1.52. The van der Waals surface area contributed by atoms with E-state index in [1.165, 1.54) is 0 Å².